The molecule has 5 nitrogen and oxygen atoms in total. The molecule has 2 unspecified atom stereocenters. The number of rotatable bonds is 7. The Morgan fingerprint density at radius 1 is 1.43 bits per heavy atom. The van der Waals surface area contributed by atoms with Gasteiger partial charge in [-0.05, 0) is 37.0 Å². The van der Waals surface area contributed by atoms with Crippen molar-refractivity contribution in [2.75, 3.05) is 18.5 Å². The quantitative estimate of drug-likeness (QED) is 0.719. The molecule has 5 heteroatoms. The van der Waals surface area contributed by atoms with Crippen LogP contribution in [0, 0.1) is 0 Å². The highest BCUT2D eigenvalue weighted by atomic mass is 16.5. The van der Waals surface area contributed by atoms with E-state index in [1.54, 1.807) is 0 Å². The van der Waals surface area contributed by atoms with E-state index in [1.165, 1.54) is 5.56 Å². The van der Waals surface area contributed by atoms with Crippen molar-refractivity contribution >= 4 is 11.7 Å². The van der Waals surface area contributed by atoms with Crippen LogP contribution in [0.1, 0.15) is 32.3 Å². The van der Waals surface area contributed by atoms with E-state index in [9.17, 15) is 4.79 Å². The van der Waals surface area contributed by atoms with Gasteiger partial charge in [0.1, 0.15) is 18.4 Å². The maximum Gasteiger partial charge on any atom is 0.320 e. The first-order valence-electron chi connectivity index (χ1n) is 7.62. The Balaban J connectivity index is 2.02. The summed E-state index contributed by atoms with van der Waals surface area (Å²) in [5.41, 5.74) is 2.21. The van der Waals surface area contributed by atoms with Crippen LogP contribution >= 0.6 is 0 Å². The molecule has 1 heterocycles. The Morgan fingerprint density at radius 2 is 2.24 bits per heavy atom. The van der Waals surface area contributed by atoms with E-state index < -0.39 is 12.0 Å². The highest BCUT2D eigenvalue weighted by molar-refractivity contribution is 5.73. The van der Waals surface area contributed by atoms with Crippen molar-refractivity contribution < 1.29 is 14.6 Å². The number of hydrogen-bond acceptors (Lipinski definition) is 4. The summed E-state index contributed by atoms with van der Waals surface area (Å²) in [6.07, 6.45) is 2.30. The van der Waals surface area contributed by atoms with Crippen LogP contribution in [0.2, 0.25) is 0 Å². The number of carboxylic acid groups (broad SMARTS) is 1. The summed E-state index contributed by atoms with van der Waals surface area (Å²) in [6, 6.07) is 5.82. The van der Waals surface area contributed by atoms with Crippen LogP contribution in [0.3, 0.4) is 0 Å². The standard InChI is InChI=1S/C16H24N2O3/c1-3-12(18-13(4-2)16(19)20)9-11-5-6-15-14(10-11)17-7-8-21-15/h5-6,10,12-13,17-18H,3-4,7-9H2,1-2H3,(H,19,20). The highest BCUT2D eigenvalue weighted by Gasteiger charge is 2.19. The van der Waals surface area contributed by atoms with Crippen molar-refractivity contribution in [3.63, 3.8) is 0 Å². The van der Waals surface area contributed by atoms with Crippen molar-refractivity contribution in [3.8, 4) is 5.75 Å². The topological polar surface area (TPSA) is 70.6 Å². The average Bonchev–Trinajstić information content (AvgIpc) is 2.50. The molecule has 0 fully saturated rings. The lowest BCUT2D eigenvalue weighted by Gasteiger charge is -2.23. The summed E-state index contributed by atoms with van der Waals surface area (Å²) in [4.78, 5) is 11.1. The van der Waals surface area contributed by atoms with Crippen LogP contribution in [0.4, 0.5) is 5.69 Å². The summed E-state index contributed by atoms with van der Waals surface area (Å²) < 4.78 is 5.57. The summed E-state index contributed by atoms with van der Waals surface area (Å²) in [5, 5.41) is 15.7. The summed E-state index contributed by atoms with van der Waals surface area (Å²) in [7, 11) is 0. The van der Waals surface area contributed by atoms with Crippen molar-refractivity contribution in [2.24, 2.45) is 0 Å². The second kappa shape index (κ2) is 7.31. The summed E-state index contributed by atoms with van der Waals surface area (Å²) in [6.45, 7) is 5.48. The molecular formula is C16H24N2O3. The monoisotopic (exact) mass is 292 g/mol. The molecule has 2 rings (SSSR count). The zero-order chi connectivity index (χ0) is 15.2. The van der Waals surface area contributed by atoms with Gasteiger partial charge in [0.25, 0.3) is 0 Å². The van der Waals surface area contributed by atoms with E-state index in [2.05, 4.69) is 29.7 Å². The van der Waals surface area contributed by atoms with Crippen LogP contribution in [-0.2, 0) is 11.2 Å². The fourth-order valence-corrected chi connectivity index (χ4v) is 2.57. The second-order valence-corrected chi connectivity index (χ2v) is 5.38. The van der Waals surface area contributed by atoms with Crippen LogP contribution in [0.25, 0.3) is 0 Å². The minimum absolute atomic E-state index is 0.161. The summed E-state index contributed by atoms with van der Waals surface area (Å²) in [5.74, 6) is 0.111. The van der Waals surface area contributed by atoms with Gasteiger partial charge < -0.3 is 20.5 Å². The molecule has 1 aliphatic rings. The predicted octanol–water partition coefficient (Wildman–Crippen LogP) is 2.26. The molecular weight excluding hydrogens is 268 g/mol. The molecule has 0 radical (unpaired) electrons. The van der Waals surface area contributed by atoms with Gasteiger partial charge >= 0.3 is 5.97 Å². The third-order valence-corrected chi connectivity index (χ3v) is 3.84. The van der Waals surface area contributed by atoms with Gasteiger partial charge in [-0.25, -0.2) is 0 Å². The molecule has 0 amide bonds. The number of ether oxygens (including phenoxy) is 1. The van der Waals surface area contributed by atoms with E-state index >= 15 is 0 Å². The third-order valence-electron chi connectivity index (χ3n) is 3.84. The van der Waals surface area contributed by atoms with Crippen LogP contribution < -0.4 is 15.4 Å². The Hall–Kier alpha value is -1.75. The molecule has 1 aromatic rings. The Labute approximate surface area is 125 Å². The molecule has 1 aliphatic heterocycles. The highest BCUT2D eigenvalue weighted by Crippen LogP contribution is 2.28. The van der Waals surface area contributed by atoms with Gasteiger partial charge in [0.05, 0.1) is 5.69 Å². The van der Waals surface area contributed by atoms with E-state index in [-0.39, 0.29) is 6.04 Å². The van der Waals surface area contributed by atoms with Gasteiger partial charge in [-0.15, -0.1) is 0 Å². The molecule has 0 aliphatic carbocycles. The molecule has 116 valence electrons. The van der Waals surface area contributed by atoms with Gasteiger partial charge in [-0.1, -0.05) is 19.9 Å². The summed E-state index contributed by atoms with van der Waals surface area (Å²) >= 11 is 0. The third kappa shape index (κ3) is 4.11. The van der Waals surface area contributed by atoms with Crippen molar-refractivity contribution in [3.05, 3.63) is 23.8 Å². The number of benzene rings is 1. The first-order chi connectivity index (χ1) is 10.1. The fourth-order valence-electron chi connectivity index (χ4n) is 2.57. The van der Waals surface area contributed by atoms with Gasteiger partial charge in [-0.2, -0.15) is 0 Å². The number of fused-ring (bicyclic) bond motifs is 1. The normalized spacial score (nSPS) is 16.3. The predicted molar refractivity (Wildman–Crippen MR) is 83.1 cm³/mol. The van der Waals surface area contributed by atoms with Gasteiger partial charge in [0.2, 0.25) is 0 Å². The molecule has 3 N–H and O–H groups in total. The second-order valence-electron chi connectivity index (χ2n) is 5.38. The molecule has 0 saturated carbocycles. The number of carbonyl (C=O) groups is 1. The molecule has 1 aromatic carbocycles. The van der Waals surface area contributed by atoms with E-state index in [0.29, 0.717) is 13.0 Å². The minimum Gasteiger partial charge on any atom is -0.490 e. The Kier molecular flexibility index (Phi) is 5.44. The molecule has 0 aromatic heterocycles. The lowest BCUT2D eigenvalue weighted by Crippen LogP contribution is -2.43. The van der Waals surface area contributed by atoms with Gasteiger partial charge in [-0.3, -0.25) is 4.79 Å². The van der Waals surface area contributed by atoms with E-state index in [0.717, 1.165) is 30.8 Å². The van der Waals surface area contributed by atoms with E-state index in [4.69, 9.17) is 9.84 Å². The minimum atomic E-state index is -0.781. The zero-order valence-corrected chi connectivity index (χ0v) is 12.7. The molecule has 0 bridgehead atoms. The first kappa shape index (κ1) is 15.6. The maximum atomic E-state index is 11.1. The van der Waals surface area contributed by atoms with Gasteiger partial charge in [0, 0.05) is 12.6 Å². The van der Waals surface area contributed by atoms with Crippen molar-refractivity contribution in [1.82, 2.24) is 5.32 Å². The Morgan fingerprint density at radius 3 is 2.90 bits per heavy atom. The van der Waals surface area contributed by atoms with E-state index in [1.807, 2.05) is 13.0 Å². The number of carboxylic acids is 1. The lowest BCUT2D eigenvalue weighted by molar-refractivity contribution is -0.139. The van der Waals surface area contributed by atoms with Crippen LogP contribution in [0.15, 0.2) is 18.2 Å². The number of nitrogens with one attached hydrogen (secondary N) is 2. The largest absolute Gasteiger partial charge is 0.490 e. The molecule has 0 spiro atoms. The molecule has 0 saturated heterocycles. The first-order valence-corrected chi connectivity index (χ1v) is 7.62. The fraction of sp³-hybridized carbons (Fsp3) is 0.562. The molecule has 2 atom stereocenters. The van der Waals surface area contributed by atoms with Crippen LogP contribution in [-0.4, -0.2) is 36.3 Å². The maximum absolute atomic E-state index is 11.1. The Bertz CT molecular complexity index is 490. The van der Waals surface area contributed by atoms with Crippen LogP contribution in [0.5, 0.6) is 5.75 Å². The zero-order valence-electron chi connectivity index (χ0n) is 12.7. The van der Waals surface area contributed by atoms with Gasteiger partial charge in [0.15, 0.2) is 0 Å². The average molecular weight is 292 g/mol. The van der Waals surface area contributed by atoms with Crippen molar-refractivity contribution in [2.45, 2.75) is 45.2 Å². The SMILES string of the molecule is CCC(Cc1ccc2c(c1)NCCO2)NC(CC)C(=O)O. The molecule has 21 heavy (non-hydrogen) atoms. The number of aliphatic carboxylic acids is 1. The number of anilines is 1. The lowest BCUT2D eigenvalue weighted by atomic mass is 10.0. The van der Waals surface area contributed by atoms with Crippen molar-refractivity contribution in [1.29, 1.82) is 0 Å². The smallest absolute Gasteiger partial charge is 0.320 e. The number of hydrogen-bond donors (Lipinski definition) is 3.